The maximum absolute atomic E-state index is 11.2. The van der Waals surface area contributed by atoms with E-state index in [0.717, 1.165) is 35.7 Å². The lowest BCUT2D eigenvalue weighted by atomic mass is 9.71. The highest BCUT2D eigenvalue weighted by Gasteiger charge is 2.43. The van der Waals surface area contributed by atoms with E-state index in [4.69, 9.17) is 0 Å². The molecule has 1 aliphatic carbocycles. The Morgan fingerprint density at radius 2 is 2.05 bits per heavy atom. The summed E-state index contributed by atoms with van der Waals surface area (Å²) in [6, 6.07) is 7.90. The molecule has 0 spiro atoms. The molecule has 1 heterocycles. The van der Waals surface area contributed by atoms with Gasteiger partial charge in [-0.1, -0.05) is 40.9 Å². The van der Waals surface area contributed by atoms with E-state index in [9.17, 15) is 5.11 Å². The van der Waals surface area contributed by atoms with Crippen molar-refractivity contribution in [3.8, 4) is 0 Å². The molecule has 0 amide bonds. The Kier molecular flexibility index (Phi) is 3.41. The number of H-pyrrole nitrogens is 1. The average Bonchev–Trinajstić information content (AvgIpc) is 2.93. The van der Waals surface area contributed by atoms with Gasteiger partial charge in [0.1, 0.15) is 6.33 Å². The van der Waals surface area contributed by atoms with E-state index >= 15 is 0 Å². The van der Waals surface area contributed by atoms with Crippen molar-refractivity contribution >= 4 is 15.9 Å². The van der Waals surface area contributed by atoms with Gasteiger partial charge in [-0.15, -0.1) is 0 Å². The van der Waals surface area contributed by atoms with Gasteiger partial charge in [-0.05, 0) is 30.5 Å². The molecule has 0 bridgehead atoms. The number of aromatic amines is 1. The number of nitrogens with zero attached hydrogens (tertiary/aromatic N) is 2. The highest BCUT2D eigenvalue weighted by Crippen LogP contribution is 2.46. The quantitative estimate of drug-likeness (QED) is 0.893. The van der Waals surface area contributed by atoms with E-state index in [1.807, 2.05) is 24.3 Å². The zero-order valence-electron chi connectivity index (χ0n) is 10.5. The lowest BCUT2D eigenvalue weighted by Crippen LogP contribution is -2.37. The minimum atomic E-state index is -0.860. The van der Waals surface area contributed by atoms with Crippen LogP contribution in [0.3, 0.4) is 0 Å². The molecule has 2 aromatic rings. The number of hydrogen-bond donors (Lipinski definition) is 2. The Morgan fingerprint density at radius 1 is 1.26 bits per heavy atom. The molecule has 1 fully saturated rings. The summed E-state index contributed by atoms with van der Waals surface area (Å²) in [6.07, 6.45) is 5.40. The van der Waals surface area contributed by atoms with Crippen molar-refractivity contribution in [1.29, 1.82) is 0 Å². The molecule has 5 heteroatoms. The van der Waals surface area contributed by atoms with Crippen LogP contribution in [0, 0.1) is 0 Å². The van der Waals surface area contributed by atoms with Gasteiger partial charge < -0.3 is 5.11 Å². The summed E-state index contributed by atoms with van der Waals surface area (Å²) in [5.74, 6) is 0.679. The van der Waals surface area contributed by atoms with Crippen molar-refractivity contribution in [2.75, 3.05) is 0 Å². The lowest BCUT2D eigenvalue weighted by Gasteiger charge is -2.39. The molecule has 100 valence electrons. The van der Waals surface area contributed by atoms with E-state index in [1.54, 1.807) is 6.33 Å². The molecule has 1 aromatic heterocycles. The predicted octanol–water partition coefficient (Wildman–Crippen LogP) is 3.11. The third-order valence-corrected chi connectivity index (χ3v) is 4.50. The molecule has 0 radical (unpaired) electrons. The molecule has 19 heavy (non-hydrogen) atoms. The topological polar surface area (TPSA) is 61.8 Å². The highest BCUT2D eigenvalue weighted by molar-refractivity contribution is 9.10. The fourth-order valence-corrected chi connectivity index (χ4v) is 3.23. The number of benzene rings is 1. The molecule has 1 saturated carbocycles. The molecule has 2 atom stereocenters. The van der Waals surface area contributed by atoms with Gasteiger partial charge in [0, 0.05) is 4.47 Å². The van der Waals surface area contributed by atoms with Crippen LogP contribution in [-0.2, 0) is 5.60 Å². The zero-order chi connectivity index (χ0) is 13.3. The van der Waals surface area contributed by atoms with Crippen molar-refractivity contribution in [2.24, 2.45) is 0 Å². The summed E-state index contributed by atoms with van der Waals surface area (Å²) in [5, 5.41) is 18.1. The van der Waals surface area contributed by atoms with Gasteiger partial charge in [0.15, 0.2) is 5.82 Å². The second-order valence-electron chi connectivity index (χ2n) is 5.09. The summed E-state index contributed by atoms with van der Waals surface area (Å²) < 4.78 is 1.02. The van der Waals surface area contributed by atoms with E-state index in [0.29, 0.717) is 5.82 Å². The van der Waals surface area contributed by atoms with E-state index in [1.165, 1.54) is 0 Å². The molecule has 4 nitrogen and oxygen atoms in total. The molecule has 1 aromatic carbocycles. The lowest BCUT2D eigenvalue weighted by molar-refractivity contribution is -0.0250. The summed E-state index contributed by atoms with van der Waals surface area (Å²) in [6.45, 7) is 0. The summed E-state index contributed by atoms with van der Waals surface area (Å²) in [4.78, 5) is 4.24. The van der Waals surface area contributed by atoms with Crippen LogP contribution in [-0.4, -0.2) is 20.3 Å². The third-order valence-electron chi connectivity index (χ3n) is 3.97. The fraction of sp³-hybridized carbons (Fsp3) is 0.429. The Bertz CT molecular complexity index is 540. The van der Waals surface area contributed by atoms with Crippen molar-refractivity contribution in [1.82, 2.24) is 15.2 Å². The van der Waals surface area contributed by atoms with Crippen LogP contribution in [0.5, 0.6) is 0 Å². The fourth-order valence-electron chi connectivity index (χ4n) is 2.97. The number of halogens is 1. The molecule has 2 unspecified atom stereocenters. The smallest absolute Gasteiger partial charge is 0.156 e. The zero-order valence-corrected chi connectivity index (χ0v) is 12.1. The van der Waals surface area contributed by atoms with Gasteiger partial charge in [0.25, 0.3) is 0 Å². The molecule has 0 saturated heterocycles. The summed E-state index contributed by atoms with van der Waals surface area (Å²) >= 11 is 3.43. The van der Waals surface area contributed by atoms with Gasteiger partial charge >= 0.3 is 0 Å². The van der Waals surface area contributed by atoms with Gasteiger partial charge in [0.2, 0.25) is 0 Å². The second-order valence-corrected chi connectivity index (χ2v) is 6.00. The van der Waals surface area contributed by atoms with Crippen LogP contribution in [0.4, 0.5) is 0 Å². The number of aromatic nitrogens is 3. The van der Waals surface area contributed by atoms with Crippen LogP contribution >= 0.6 is 15.9 Å². The van der Waals surface area contributed by atoms with E-state index in [2.05, 4.69) is 31.1 Å². The standard InChI is InChI=1S/C14H16BrN3O/c15-11-6-4-10(5-7-11)14(19)8-2-1-3-12(14)13-16-9-17-18-13/h4-7,9,12,19H,1-3,8H2,(H,16,17,18). The van der Waals surface area contributed by atoms with Crippen molar-refractivity contribution in [3.63, 3.8) is 0 Å². The first-order valence-electron chi connectivity index (χ1n) is 6.54. The largest absolute Gasteiger partial charge is 0.384 e. The summed E-state index contributed by atoms with van der Waals surface area (Å²) in [7, 11) is 0. The Labute approximate surface area is 120 Å². The maximum atomic E-state index is 11.2. The molecule has 1 aliphatic rings. The van der Waals surface area contributed by atoms with Crippen LogP contribution in [0.15, 0.2) is 35.1 Å². The number of aliphatic hydroxyl groups is 1. The summed E-state index contributed by atoms with van der Waals surface area (Å²) in [5.41, 5.74) is 0.0893. The Morgan fingerprint density at radius 3 is 2.74 bits per heavy atom. The van der Waals surface area contributed by atoms with Crippen LogP contribution in [0.25, 0.3) is 0 Å². The van der Waals surface area contributed by atoms with Crippen LogP contribution < -0.4 is 0 Å². The Hall–Kier alpha value is -1.20. The number of hydrogen-bond acceptors (Lipinski definition) is 3. The highest BCUT2D eigenvalue weighted by atomic mass is 79.9. The SMILES string of the molecule is OC1(c2ccc(Br)cc2)CCCCC1c1nc[nH]n1. The first-order chi connectivity index (χ1) is 9.20. The van der Waals surface area contributed by atoms with Gasteiger partial charge in [0.05, 0.1) is 11.5 Å². The van der Waals surface area contributed by atoms with Crippen LogP contribution in [0.2, 0.25) is 0 Å². The Balaban J connectivity index is 2.00. The first-order valence-corrected chi connectivity index (χ1v) is 7.33. The molecule has 3 rings (SSSR count). The molecule has 0 aliphatic heterocycles. The molecular weight excluding hydrogens is 306 g/mol. The first kappa shape index (κ1) is 12.8. The van der Waals surface area contributed by atoms with E-state index in [-0.39, 0.29) is 5.92 Å². The molecule has 2 N–H and O–H groups in total. The van der Waals surface area contributed by atoms with Crippen LogP contribution in [0.1, 0.15) is 43.0 Å². The van der Waals surface area contributed by atoms with Gasteiger partial charge in [-0.25, -0.2) is 4.98 Å². The number of nitrogens with one attached hydrogen (secondary N) is 1. The van der Waals surface area contributed by atoms with E-state index < -0.39 is 5.60 Å². The third kappa shape index (κ3) is 2.32. The molecular formula is C14H16BrN3O. The van der Waals surface area contributed by atoms with Crippen molar-refractivity contribution in [2.45, 2.75) is 37.2 Å². The minimum absolute atomic E-state index is 0.0336. The number of rotatable bonds is 2. The van der Waals surface area contributed by atoms with Gasteiger partial charge in [-0.3, -0.25) is 5.10 Å². The second kappa shape index (κ2) is 5.06. The maximum Gasteiger partial charge on any atom is 0.156 e. The van der Waals surface area contributed by atoms with Gasteiger partial charge in [-0.2, -0.15) is 5.10 Å². The predicted molar refractivity (Wildman–Crippen MR) is 75.6 cm³/mol. The van der Waals surface area contributed by atoms with Crippen molar-refractivity contribution < 1.29 is 5.11 Å². The minimum Gasteiger partial charge on any atom is -0.384 e. The average molecular weight is 322 g/mol. The normalized spacial score (nSPS) is 27.4. The monoisotopic (exact) mass is 321 g/mol. The van der Waals surface area contributed by atoms with Crippen molar-refractivity contribution in [3.05, 3.63) is 46.5 Å².